The summed E-state index contributed by atoms with van der Waals surface area (Å²) in [6.45, 7) is 0. The summed E-state index contributed by atoms with van der Waals surface area (Å²) in [4.78, 5) is 25.1. The molecule has 34 heavy (non-hydrogen) atoms. The average Bonchev–Trinajstić information content (AvgIpc) is 2.87. The first-order valence-electron chi connectivity index (χ1n) is 10.4. The third-order valence-corrected chi connectivity index (χ3v) is 5.21. The van der Waals surface area contributed by atoms with Crippen molar-refractivity contribution in [2.45, 2.75) is 0 Å². The Morgan fingerprint density at radius 1 is 0.765 bits per heavy atom. The smallest absolute Gasteiger partial charge is 0.346 e. The Morgan fingerprint density at radius 2 is 1.44 bits per heavy atom. The van der Waals surface area contributed by atoms with Crippen LogP contribution < -0.4 is 14.9 Å². The molecule has 0 unspecified atom stereocenters. The lowest BCUT2D eigenvalue weighted by Gasteiger charge is -2.08. The van der Waals surface area contributed by atoms with E-state index in [0.717, 1.165) is 11.1 Å². The summed E-state index contributed by atoms with van der Waals surface area (Å²) in [6.07, 6.45) is 1.21. The molecule has 0 saturated heterocycles. The highest BCUT2D eigenvalue weighted by Gasteiger charge is 2.15. The van der Waals surface area contributed by atoms with Crippen molar-refractivity contribution in [2.75, 3.05) is 0 Å². The summed E-state index contributed by atoms with van der Waals surface area (Å²) in [5.74, 6) is -0.899. The third kappa shape index (κ3) is 4.29. The number of carbonyl (C=O) groups is 1. The van der Waals surface area contributed by atoms with Crippen molar-refractivity contribution in [3.05, 3.63) is 125 Å². The molecule has 0 radical (unpaired) electrons. The number of carbonyl (C=O) groups excluding carboxylic acids is 1. The molecule has 0 fully saturated rings. The van der Waals surface area contributed by atoms with Crippen LogP contribution in [0.25, 0.3) is 22.1 Å². The molecule has 0 bridgehead atoms. The van der Waals surface area contributed by atoms with E-state index in [9.17, 15) is 14.0 Å². The summed E-state index contributed by atoms with van der Waals surface area (Å²) in [5.41, 5.74) is 1.74. The number of halogens is 1. The zero-order chi connectivity index (χ0) is 23.5. The van der Waals surface area contributed by atoms with Gasteiger partial charge in [0.2, 0.25) is 11.2 Å². The molecule has 0 aliphatic heterocycles. The van der Waals surface area contributed by atoms with Gasteiger partial charge < -0.3 is 13.9 Å². The van der Waals surface area contributed by atoms with Crippen molar-refractivity contribution in [1.29, 1.82) is 0 Å². The third-order valence-electron chi connectivity index (χ3n) is 5.21. The molecule has 0 aliphatic rings. The molecule has 5 nitrogen and oxygen atoms in total. The van der Waals surface area contributed by atoms with Crippen molar-refractivity contribution >= 4 is 16.9 Å². The molecule has 0 atom stereocenters. The van der Waals surface area contributed by atoms with Gasteiger partial charge in [0.1, 0.15) is 29.2 Å². The number of fused-ring (bicyclic) bond motifs is 1. The molecule has 166 valence electrons. The molecule has 4 aromatic carbocycles. The van der Waals surface area contributed by atoms with Gasteiger partial charge in [0.15, 0.2) is 0 Å². The maximum absolute atomic E-state index is 13.8. The monoisotopic (exact) mass is 452 g/mol. The van der Waals surface area contributed by atoms with Gasteiger partial charge in [-0.3, -0.25) is 4.79 Å². The van der Waals surface area contributed by atoms with Crippen molar-refractivity contribution < 1.29 is 23.1 Å². The Kier molecular flexibility index (Phi) is 5.62. The van der Waals surface area contributed by atoms with Gasteiger partial charge >= 0.3 is 5.97 Å². The van der Waals surface area contributed by atoms with Crippen LogP contribution >= 0.6 is 0 Å². The molecule has 1 aromatic heterocycles. The topological polar surface area (TPSA) is 65.7 Å². The lowest BCUT2D eigenvalue weighted by molar-refractivity contribution is 0.0730. The van der Waals surface area contributed by atoms with Gasteiger partial charge in [-0.25, -0.2) is 9.18 Å². The van der Waals surface area contributed by atoms with Crippen LogP contribution in [0.3, 0.4) is 0 Å². The lowest BCUT2D eigenvalue weighted by Crippen LogP contribution is -2.11. The van der Waals surface area contributed by atoms with Gasteiger partial charge in [-0.05, 0) is 47.5 Å². The minimum Gasteiger partial charge on any atom is -0.460 e. The highest BCUT2D eigenvalue weighted by Crippen LogP contribution is 2.27. The van der Waals surface area contributed by atoms with Crippen LogP contribution in [0.4, 0.5) is 4.39 Å². The predicted molar refractivity (Wildman–Crippen MR) is 126 cm³/mol. The molecule has 6 heteroatoms. The molecule has 1 heterocycles. The van der Waals surface area contributed by atoms with E-state index in [2.05, 4.69) is 0 Å². The zero-order valence-corrected chi connectivity index (χ0v) is 17.7. The van der Waals surface area contributed by atoms with Crippen molar-refractivity contribution in [3.63, 3.8) is 0 Å². The maximum Gasteiger partial charge on any atom is 0.346 e. The maximum atomic E-state index is 13.8. The Balaban J connectivity index is 1.36. The summed E-state index contributed by atoms with van der Waals surface area (Å²) >= 11 is 0. The van der Waals surface area contributed by atoms with Crippen LogP contribution in [0.1, 0.15) is 10.4 Å². The highest BCUT2D eigenvalue weighted by atomic mass is 19.1. The second-order valence-corrected chi connectivity index (χ2v) is 7.45. The summed E-state index contributed by atoms with van der Waals surface area (Å²) in [6, 6.07) is 27.1. The first-order valence-corrected chi connectivity index (χ1v) is 10.4. The van der Waals surface area contributed by atoms with Crippen LogP contribution in [-0.4, -0.2) is 5.97 Å². The molecule has 0 aliphatic carbocycles. The quantitative estimate of drug-likeness (QED) is 0.222. The number of hydrogen-bond acceptors (Lipinski definition) is 5. The van der Waals surface area contributed by atoms with Crippen LogP contribution in [0.15, 0.2) is 113 Å². The summed E-state index contributed by atoms with van der Waals surface area (Å²) in [7, 11) is 0. The number of benzene rings is 4. The molecule has 0 spiro atoms. The van der Waals surface area contributed by atoms with Crippen LogP contribution in [-0.2, 0) is 0 Å². The first-order chi connectivity index (χ1) is 16.6. The number of hydrogen-bond donors (Lipinski definition) is 0. The normalized spacial score (nSPS) is 10.7. The number of ether oxygens (including phenoxy) is 2. The predicted octanol–water partition coefficient (Wildman–Crippen LogP) is 6.61. The van der Waals surface area contributed by atoms with Gasteiger partial charge in [0.05, 0.1) is 10.9 Å². The van der Waals surface area contributed by atoms with Crippen molar-refractivity contribution in [2.24, 2.45) is 0 Å². The van der Waals surface area contributed by atoms with Gasteiger partial charge in [-0.15, -0.1) is 0 Å². The van der Waals surface area contributed by atoms with E-state index in [1.807, 2.05) is 42.5 Å². The highest BCUT2D eigenvalue weighted by molar-refractivity contribution is 5.92. The van der Waals surface area contributed by atoms with Gasteiger partial charge in [-0.1, -0.05) is 54.6 Å². The first kappa shape index (κ1) is 21.2. The van der Waals surface area contributed by atoms with Crippen molar-refractivity contribution in [1.82, 2.24) is 0 Å². The van der Waals surface area contributed by atoms with E-state index >= 15 is 0 Å². The minimum atomic E-state index is -0.848. The van der Waals surface area contributed by atoms with E-state index in [1.165, 1.54) is 48.7 Å². The Labute approximate surface area is 193 Å². The molecular formula is C28H17FO5. The molecular weight excluding hydrogens is 435 g/mol. The largest absolute Gasteiger partial charge is 0.460 e. The van der Waals surface area contributed by atoms with Crippen molar-refractivity contribution in [3.8, 4) is 28.4 Å². The number of esters is 1. The lowest BCUT2D eigenvalue weighted by atomic mass is 10.1. The molecule has 0 saturated carbocycles. The van der Waals surface area contributed by atoms with Gasteiger partial charge in [0.25, 0.3) is 0 Å². The zero-order valence-electron chi connectivity index (χ0n) is 17.7. The average molecular weight is 452 g/mol. The Bertz CT molecular complexity index is 1540. The van der Waals surface area contributed by atoms with E-state index in [0.29, 0.717) is 5.75 Å². The summed E-state index contributed by atoms with van der Waals surface area (Å²) < 4.78 is 30.3. The van der Waals surface area contributed by atoms with E-state index < -0.39 is 11.8 Å². The summed E-state index contributed by atoms with van der Waals surface area (Å²) in [5, 5.41) is 0.254. The molecule has 0 amide bonds. The molecule has 5 aromatic rings. The Hall–Kier alpha value is -4.71. The van der Waals surface area contributed by atoms with Gasteiger partial charge in [0, 0.05) is 6.07 Å². The molecule has 5 rings (SSSR count). The standard InChI is InChI=1S/C28H17FO5/c29-24-9-5-4-8-22(24)28(31)34-21-14-15-23-25(16-21)32-17-26(27(23)30)33-20-12-10-19(11-13-20)18-6-2-1-3-7-18/h1-17H. The Morgan fingerprint density at radius 3 is 2.21 bits per heavy atom. The second kappa shape index (κ2) is 9.03. The van der Waals surface area contributed by atoms with E-state index in [1.54, 1.807) is 12.1 Å². The second-order valence-electron chi connectivity index (χ2n) is 7.45. The molecule has 0 N–H and O–H groups in total. The van der Waals surface area contributed by atoms with Gasteiger partial charge in [-0.2, -0.15) is 0 Å². The fourth-order valence-corrected chi connectivity index (χ4v) is 3.49. The van der Waals surface area contributed by atoms with E-state index in [-0.39, 0.29) is 33.5 Å². The number of rotatable bonds is 5. The van der Waals surface area contributed by atoms with E-state index in [4.69, 9.17) is 13.9 Å². The minimum absolute atomic E-state index is 0.0241. The van der Waals surface area contributed by atoms with Crippen LogP contribution in [0.2, 0.25) is 0 Å². The van der Waals surface area contributed by atoms with Crippen LogP contribution in [0.5, 0.6) is 17.2 Å². The SMILES string of the molecule is O=C(Oc1ccc2c(=O)c(Oc3ccc(-c4ccccc4)cc3)coc2c1)c1ccccc1F. The fourth-order valence-electron chi connectivity index (χ4n) is 3.49. The fraction of sp³-hybridized carbons (Fsp3) is 0. The van der Waals surface area contributed by atoms with Crippen LogP contribution in [0, 0.1) is 5.82 Å².